The summed E-state index contributed by atoms with van der Waals surface area (Å²) in [5.74, 6) is 0. The van der Waals surface area contributed by atoms with Crippen molar-refractivity contribution in [3.8, 4) is 0 Å². The number of hydrogen-bond donors (Lipinski definition) is 0. The molecule has 2 heteroatoms. The molecule has 0 unspecified atom stereocenters. The molecule has 0 aliphatic heterocycles. The predicted octanol–water partition coefficient (Wildman–Crippen LogP) is 3.61. The molecule has 0 saturated heterocycles. The molecule has 2 aromatic rings. The van der Waals surface area contributed by atoms with E-state index in [4.69, 9.17) is 0 Å². The third kappa shape index (κ3) is 2.83. The fraction of sp³-hybridized carbons (Fsp3) is 0.333. The van der Waals surface area contributed by atoms with Crippen molar-refractivity contribution in [2.24, 2.45) is 0 Å². The molecule has 0 bridgehead atoms. The van der Waals surface area contributed by atoms with Gasteiger partial charge in [-0.3, -0.25) is 0 Å². The Morgan fingerprint density at radius 2 is 0.850 bits per heavy atom. The van der Waals surface area contributed by atoms with Crippen LogP contribution in [0, 0.1) is 41.5 Å². The Bertz CT molecular complexity index is 555. The molecule has 0 heterocycles. The quantitative estimate of drug-likeness (QED) is 0.738. The average Bonchev–Trinajstić information content (AvgIpc) is 2.25. The van der Waals surface area contributed by atoms with Gasteiger partial charge in [-0.1, -0.05) is 0 Å². The Morgan fingerprint density at radius 1 is 0.600 bits per heavy atom. The fourth-order valence-electron chi connectivity index (χ4n) is 3.18. The second kappa shape index (κ2) is 5.73. The summed E-state index contributed by atoms with van der Waals surface area (Å²) in [6, 6.07) is 8.42. The van der Waals surface area contributed by atoms with E-state index in [9.17, 15) is 0 Å². The molecule has 0 aromatic heterocycles. The maximum atomic E-state index is 15.3. The molecule has 0 saturated carbocycles. The third-order valence-corrected chi connectivity index (χ3v) is 8.94. The fourth-order valence-corrected chi connectivity index (χ4v) is 7.21. The van der Waals surface area contributed by atoms with Crippen LogP contribution in [-0.2, 0) is 0 Å². The zero-order valence-corrected chi connectivity index (χ0v) is 15.3. The van der Waals surface area contributed by atoms with Gasteiger partial charge in [0.25, 0.3) is 0 Å². The van der Waals surface area contributed by atoms with Crippen molar-refractivity contribution in [1.82, 2.24) is 0 Å². The first-order valence-corrected chi connectivity index (χ1v) is 9.89. The molecule has 0 fully saturated rings. The summed E-state index contributed by atoms with van der Waals surface area (Å²) in [5, 5.41) is 0. The van der Waals surface area contributed by atoms with Crippen LogP contribution >= 0.6 is 0 Å². The summed E-state index contributed by atoms with van der Waals surface area (Å²) in [6.07, 6.45) is 0. The Kier molecular flexibility index (Phi) is 4.38. The van der Waals surface area contributed by atoms with E-state index in [1.54, 1.807) is 0 Å². The SMILES string of the molecule is Cc1cc(C)[c]([Ge]([F])[c]2c(C)cc(C)cc2C)c(C)c1. The predicted molar refractivity (Wildman–Crippen MR) is 87.4 cm³/mol. The molecule has 2 rings (SSSR count). The minimum atomic E-state index is -2.93. The van der Waals surface area contributed by atoms with E-state index >= 15 is 3.50 Å². The number of benzene rings is 2. The van der Waals surface area contributed by atoms with Crippen molar-refractivity contribution in [2.45, 2.75) is 41.5 Å². The summed E-state index contributed by atoms with van der Waals surface area (Å²) in [4.78, 5) is 0. The molecular weight excluding hydrogens is 308 g/mol. The average molecular weight is 330 g/mol. The molecule has 2 aromatic carbocycles. The van der Waals surface area contributed by atoms with Crippen LogP contribution in [0.2, 0.25) is 0 Å². The molecule has 0 nitrogen and oxygen atoms in total. The van der Waals surface area contributed by atoms with Gasteiger partial charge in [0.15, 0.2) is 0 Å². The molecule has 0 N–H and O–H groups in total. The molecule has 20 heavy (non-hydrogen) atoms. The monoisotopic (exact) mass is 331 g/mol. The van der Waals surface area contributed by atoms with Gasteiger partial charge < -0.3 is 0 Å². The van der Waals surface area contributed by atoms with Gasteiger partial charge in [0, 0.05) is 0 Å². The second-order valence-corrected chi connectivity index (χ2v) is 9.28. The van der Waals surface area contributed by atoms with Gasteiger partial charge in [-0.2, -0.15) is 0 Å². The van der Waals surface area contributed by atoms with Crippen LogP contribution in [0.1, 0.15) is 33.4 Å². The van der Waals surface area contributed by atoms with E-state index in [1.807, 2.05) is 27.7 Å². The van der Waals surface area contributed by atoms with Crippen molar-refractivity contribution in [3.63, 3.8) is 0 Å². The Hall–Kier alpha value is -1.09. The molecule has 0 spiro atoms. The second-order valence-electron chi connectivity index (χ2n) is 5.86. The van der Waals surface area contributed by atoms with Gasteiger partial charge in [-0.25, -0.2) is 0 Å². The first-order chi connectivity index (χ1) is 9.31. The molecule has 105 valence electrons. The van der Waals surface area contributed by atoms with Crippen LogP contribution in [0.3, 0.4) is 0 Å². The summed E-state index contributed by atoms with van der Waals surface area (Å²) >= 11 is -2.93. The Balaban J connectivity index is 2.61. The van der Waals surface area contributed by atoms with Gasteiger partial charge in [-0.05, 0) is 0 Å². The molecule has 0 amide bonds. The van der Waals surface area contributed by atoms with Crippen molar-refractivity contribution in [2.75, 3.05) is 0 Å². The van der Waals surface area contributed by atoms with Crippen molar-refractivity contribution >= 4 is 23.6 Å². The van der Waals surface area contributed by atoms with Crippen molar-refractivity contribution < 1.29 is 3.50 Å². The van der Waals surface area contributed by atoms with Crippen LogP contribution in [0.25, 0.3) is 0 Å². The van der Waals surface area contributed by atoms with Gasteiger partial charge in [0.2, 0.25) is 0 Å². The maximum absolute atomic E-state index is 15.3. The first kappa shape index (κ1) is 15.3. The number of hydrogen-bond acceptors (Lipinski definition) is 0. The van der Waals surface area contributed by atoms with Gasteiger partial charge in [0.1, 0.15) is 0 Å². The van der Waals surface area contributed by atoms with Gasteiger partial charge >= 0.3 is 126 Å². The van der Waals surface area contributed by atoms with Crippen LogP contribution in [-0.4, -0.2) is 14.8 Å². The standard InChI is InChI=1S/C18H22FGe/c1-11-7-13(3)17(14(4)8-11)20(19)18-15(5)9-12(2)10-16(18)6/h7-10H,1-6H3. The summed E-state index contributed by atoms with van der Waals surface area (Å²) in [5.41, 5.74) is 6.87. The number of halogens is 1. The van der Waals surface area contributed by atoms with Gasteiger partial charge in [0.05, 0.1) is 0 Å². The van der Waals surface area contributed by atoms with Crippen molar-refractivity contribution in [1.29, 1.82) is 0 Å². The first-order valence-electron chi connectivity index (χ1n) is 7.00. The van der Waals surface area contributed by atoms with E-state index in [0.717, 1.165) is 31.0 Å². The molecule has 0 atom stereocenters. The van der Waals surface area contributed by atoms with Crippen LogP contribution in [0.15, 0.2) is 24.3 Å². The van der Waals surface area contributed by atoms with Crippen LogP contribution in [0.5, 0.6) is 0 Å². The van der Waals surface area contributed by atoms with E-state index in [0.29, 0.717) is 0 Å². The normalized spacial score (nSPS) is 11.2. The van der Waals surface area contributed by atoms with Gasteiger partial charge in [-0.15, -0.1) is 0 Å². The minimum absolute atomic E-state index is 0.991. The summed E-state index contributed by atoms with van der Waals surface area (Å²) in [6.45, 7) is 12.3. The molecule has 0 aliphatic rings. The third-order valence-electron chi connectivity index (χ3n) is 3.79. The van der Waals surface area contributed by atoms with E-state index in [1.165, 1.54) is 11.1 Å². The zero-order valence-electron chi connectivity index (χ0n) is 13.2. The van der Waals surface area contributed by atoms with Crippen LogP contribution < -0.4 is 8.79 Å². The topological polar surface area (TPSA) is 0 Å². The van der Waals surface area contributed by atoms with Crippen molar-refractivity contribution in [3.05, 3.63) is 57.6 Å². The molecule has 0 aliphatic carbocycles. The number of rotatable bonds is 2. The zero-order chi connectivity index (χ0) is 15.0. The summed E-state index contributed by atoms with van der Waals surface area (Å²) in [7, 11) is 0. The van der Waals surface area contributed by atoms with E-state index in [-0.39, 0.29) is 0 Å². The Morgan fingerprint density at radius 3 is 1.10 bits per heavy atom. The molecule has 1 radical (unpaired) electrons. The van der Waals surface area contributed by atoms with Crippen LogP contribution in [0.4, 0.5) is 3.50 Å². The Labute approximate surface area is 126 Å². The summed E-state index contributed by atoms with van der Waals surface area (Å²) < 4.78 is 17.3. The van der Waals surface area contributed by atoms with E-state index < -0.39 is 14.8 Å². The van der Waals surface area contributed by atoms with E-state index in [2.05, 4.69) is 38.1 Å². The number of aryl methyl sites for hydroxylation is 6. The molecular formula is C18H22FGe.